The summed E-state index contributed by atoms with van der Waals surface area (Å²) in [5.74, 6) is -0.357. The van der Waals surface area contributed by atoms with E-state index in [0.29, 0.717) is 19.6 Å². The Morgan fingerprint density at radius 3 is 2.55 bits per heavy atom. The van der Waals surface area contributed by atoms with Crippen molar-refractivity contribution < 1.29 is 14.3 Å². The third-order valence-electron chi connectivity index (χ3n) is 3.00. The molecule has 5 heteroatoms. The summed E-state index contributed by atoms with van der Waals surface area (Å²) in [6.45, 7) is 2.79. The van der Waals surface area contributed by atoms with Gasteiger partial charge in [-0.05, 0) is 50.1 Å². The van der Waals surface area contributed by atoms with E-state index in [1.807, 2.05) is 24.3 Å². The second-order valence-corrected chi connectivity index (χ2v) is 4.85. The van der Waals surface area contributed by atoms with Gasteiger partial charge in [-0.1, -0.05) is 18.6 Å². The largest absolute Gasteiger partial charge is 0.463 e. The number of carbonyl (C=O) groups excluding carboxylic acids is 2. The topological polar surface area (TPSA) is 81.4 Å². The quantitative estimate of drug-likeness (QED) is 0.417. The second-order valence-electron chi connectivity index (χ2n) is 4.85. The number of esters is 1. The van der Waals surface area contributed by atoms with E-state index >= 15 is 0 Å². The molecule has 0 atom stereocenters. The maximum atomic E-state index is 11.7. The van der Waals surface area contributed by atoms with E-state index in [9.17, 15) is 9.59 Å². The SMILES string of the molecule is CCOC(=O)C=Cc1ccc(NC(=O)CCCCCN)cc1. The Balaban J connectivity index is 2.41. The average molecular weight is 304 g/mol. The lowest BCUT2D eigenvalue weighted by Crippen LogP contribution is -2.11. The average Bonchev–Trinajstić information content (AvgIpc) is 2.51. The van der Waals surface area contributed by atoms with Gasteiger partial charge in [-0.25, -0.2) is 4.79 Å². The van der Waals surface area contributed by atoms with Crippen molar-refractivity contribution in [3.05, 3.63) is 35.9 Å². The summed E-state index contributed by atoms with van der Waals surface area (Å²) < 4.78 is 4.80. The molecule has 0 unspecified atom stereocenters. The van der Waals surface area contributed by atoms with Crippen molar-refractivity contribution >= 4 is 23.6 Å². The third kappa shape index (κ3) is 7.59. The molecule has 0 saturated carbocycles. The highest BCUT2D eigenvalue weighted by Gasteiger charge is 2.02. The number of benzene rings is 1. The van der Waals surface area contributed by atoms with Gasteiger partial charge >= 0.3 is 5.97 Å². The summed E-state index contributed by atoms with van der Waals surface area (Å²) in [5.41, 5.74) is 7.02. The minimum Gasteiger partial charge on any atom is -0.463 e. The fourth-order valence-corrected chi connectivity index (χ4v) is 1.86. The molecule has 0 saturated heterocycles. The lowest BCUT2D eigenvalue weighted by molar-refractivity contribution is -0.137. The molecule has 5 nitrogen and oxygen atoms in total. The molecule has 1 aromatic rings. The molecule has 3 N–H and O–H groups in total. The zero-order chi connectivity index (χ0) is 16.2. The monoisotopic (exact) mass is 304 g/mol. The van der Waals surface area contributed by atoms with Crippen LogP contribution < -0.4 is 11.1 Å². The molecule has 0 fully saturated rings. The zero-order valence-electron chi connectivity index (χ0n) is 13.0. The molecule has 1 rings (SSSR count). The van der Waals surface area contributed by atoms with E-state index < -0.39 is 0 Å². The van der Waals surface area contributed by atoms with Crippen molar-refractivity contribution in [1.29, 1.82) is 0 Å². The van der Waals surface area contributed by atoms with Crippen molar-refractivity contribution in [3.63, 3.8) is 0 Å². The number of amides is 1. The number of hydrogen-bond donors (Lipinski definition) is 2. The summed E-state index contributed by atoms with van der Waals surface area (Å²) in [7, 11) is 0. The van der Waals surface area contributed by atoms with Gasteiger partial charge in [0.2, 0.25) is 5.91 Å². The van der Waals surface area contributed by atoms with Crippen molar-refractivity contribution in [2.24, 2.45) is 5.73 Å². The number of carbonyl (C=O) groups is 2. The molecular formula is C17H24N2O3. The van der Waals surface area contributed by atoms with Gasteiger partial charge in [-0.15, -0.1) is 0 Å². The van der Waals surface area contributed by atoms with Crippen LogP contribution >= 0.6 is 0 Å². The molecule has 0 aliphatic heterocycles. The van der Waals surface area contributed by atoms with Crippen LogP contribution in [0, 0.1) is 0 Å². The third-order valence-corrected chi connectivity index (χ3v) is 3.00. The van der Waals surface area contributed by atoms with E-state index in [-0.39, 0.29) is 11.9 Å². The Kier molecular flexibility index (Phi) is 8.60. The number of hydrogen-bond acceptors (Lipinski definition) is 4. The second kappa shape index (κ2) is 10.6. The van der Waals surface area contributed by atoms with Crippen LogP contribution in [0.15, 0.2) is 30.3 Å². The first-order chi connectivity index (χ1) is 10.7. The fourth-order valence-electron chi connectivity index (χ4n) is 1.86. The Morgan fingerprint density at radius 1 is 1.18 bits per heavy atom. The molecular weight excluding hydrogens is 280 g/mol. The lowest BCUT2D eigenvalue weighted by Gasteiger charge is -2.05. The van der Waals surface area contributed by atoms with Crippen LogP contribution in [-0.2, 0) is 14.3 Å². The van der Waals surface area contributed by atoms with Crippen molar-refractivity contribution in [2.45, 2.75) is 32.6 Å². The van der Waals surface area contributed by atoms with Crippen molar-refractivity contribution in [3.8, 4) is 0 Å². The molecule has 0 aromatic heterocycles. The standard InChI is InChI=1S/C17H24N2O3/c1-2-22-17(21)12-9-14-7-10-15(11-8-14)19-16(20)6-4-3-5-13-18/h7-12H,2-6,13,18H2,1H3,(H,19,20). The summed E-state index contributed by atoms with van der Waals surface area (Å²) in [5, 5.41) is 2.85. The van der Waals surface area contributed by atoms with Gasteiger partial charge in [-0.2, -0.15) is 0 Å². The molecule has 22 heavy (non-hydrogen) atoms. The van der Waals surface area contributed by atoms with Crippen LogP contribution in [0.5, 0.6) is 0 Å². The van der Waals surface area contributed by atoms with E-state index in [4.69, 9.17) is 10.5 Å². The number of unbranched alkanes of at least 4 members (excludes halogenated alkanes) is 2. The van der Waals surface area contributed by atoms with Crippen LogP contribution in [0.1, 0.15) is 38.2 Å². The van der Waals surface area contributed by atoms with Crippen LogP contribution in [0.25, 0.3) is 6.08 Å². The van der Waals surface area contributed by atoms with Crippen molar-refractivity contribution in [1.82, 2.24) is 0 Å². The maximum Gasteiger partial charge on any atom is 0.330 e. The highest BCUT2D eigenvalue weighted by Crippen LogP contribution is 2.12. The minimum atomic E-state index is -0.364. The van der Waals surface area contributed by atoms with Gasteiger partial charge in [0.25, 0.3) is 0 Å². The summed E-state index contributed by atoms with van der Waals surface area (Å²) >= 11 is 0. The summed E-state index contributed by atoms with van der Waals surface area (Å²) in [4.78, 5) is 22.9. The minimum absolute atomic E-state index is 0.00633. The van der Waals surface area contributed by atoms with Gasteiger partial charge < -0.3 is 15.8 Å². The molecule has 0 bridgehead atoms. The van der Waals surface area contributed by atoms with Gasteiger partial charge in [0.05, 0.1) is 6.61 Å². The molecule has 0 spiro atoms. The van der Waals surface area contributed by atoms with E-state index in [2.05, 4.69) is 5.32 Å². The summed E-state index contributed by atoms with van der Waals surface area (Å²) in [6, 6.07) is 7.28. The van der Waals surface area contributed by atoms with Crippen LogP contribution in [0.2, 0.25) is 0 Å². The number of anilines is 1. The molecule has 0 aliphatic carbocycles. The van der Waals surface area contributed by atoms with E-state index in [1.54, 1.807) is 13.0 Å². The number of nitrogens with one attached hydrogen (secondary N) is 1. The number of nitrogens with two attached hydrogens (primary N) is 1. The molecule has 1 amide bonds. The lowest BCUT2D eigenvalue weighted by atomic mass is 10.1. The maximum absolute atomic E-state index is 11.7. The molecule has 0 heterocycles. The Hall–Kier alpha value is -2.14. The van der Waals surface area contributed by atoms with Crippen LogP contribution in [0.4, 0.5) is 5.69 Å². The van der Waals surface area contributed by atoms with Gasteiger partial charge in [-0.3, -0.25) is 4.79 Å². The number of rotatable bonds is 9. The van der Waals surface area contributed by atoms with E-state index in [0.717, 1.165) is 30.5 Å². The van der Waals surface area contributed by atoms with Crippen LogP contribution in [-0.4, -0.2) is 25.0 Å². The zero-order valence-corrected chi connectivity index (χ0v) is 13.0. The Labute approximate surface area is 131 Å². The molecule has 0 aliphatic rings. The predicted molar refractivity (Wildman–Crippen MR) is 88.3 cm³/mol. The summed E-state index contributed by atoms with van der Waals surface area (Å²) in [6.07, 6.45) is 6.34. The Bertz CT molecular complexity index is 495. The van der Waals surface area contributed by atoms with Gasteiger partial charge in [0.15, 0.2) is 0 Å². The smallest absolute Gasteiger partial charge is 0.330 e. The predicted octanol–water partition coefficient (Wildman–Crippen LogP) is 2.72. The fraction of sp³-hybridized carbons (Fsp3) is 0.412. The van der Waals surface area contributed by atoms with E-state index in [1.165, 1.54) is 6.08 Å². The first-order valence-corrected chi connectivity index (χ1v) is 7.60. The molecule has 120 valence electrons. The molecule has 1 aromatic carbocycles. The first kappa shape index (κ1) is 17.9. The normalized spacial score (nSPS) is 10.6. The highest BCUT2D eigenvalue weighted by atomic mass is 16.5. The molecule has 0 radical (unpaired) electrons. The number of ether oxygens (including phenoxy) is 1. The van der Waals surface area contributed by atoms with Crippen molar-refractivity contribution in [2.75, 3.05) is 18.5 Å². The van der Waals surface area contributed by atoms with Crippen LogP contribution in [0.3, 0.4) is 0 Å². The van der Waals surface area contributed by atoms with Gasteiger partial charge in [0, 0.05) is 18.2 Å². The first-order valence-electron chi connectivity index (χ1n) is 7.60. The Morgan fingerprint density at radius 2 is 1.91 bits per heavy atom. The highest BCUT2D eigenvalue weighted by molar-refractivity contribution is 5.91. The van der Waals surface area contributed by atoms with Gasteiger partial charge in [0.1, 0.15) is 0 Å².